The van der Waals surface area contributed by atoms with Crippen molar-refractivity contribution in [2.75, 3.05) is 26.9 Å². The van der Waals surface area contributed by atoms with Crippen LogP contribution in [0.15, 0.2) is 46.5 Å². The Bertz CT molecular complexity index is 833. The lowest BCUT2D eigenvalue weighted by Crippen LogP contribution is -2.36. The van der Waals surface area contributed by atoms with Gasteiger partial charge in [-0.2, -0.15) is 0 Å². The second-order valence-electron chi connectivity index (χ2n) is 8.76. The first-order valence-electron chi connectivity index (χ1n) is 10.8. The standard InChI is InChI=1S/C24H34N2O6/c1-14(2)12-31-22(27)19-16(5)25-17(6)20(23(28)32-13-15(3)4)21(19)18-8-10-26(11-9-18)24(29)30-7/h8-10,14-15,21,25H,11-13H2,1-7H3. The Morgan fingerprint density at radius 1 is 1.00 bits per heavy atom. The zero-order valence-electron chi connectivity index (χ0n) is 20.0. The van der Waals surface area contributed by atoms with Gasteiger partial charge in [-0.15, -0.1) is 0 Å². The number of nitrogens with zero attached hydrogens (tertiary/aromatic N) is 1. The molecule has 0 aliphatic carbocycles. The molecule has 0 saturated carbocycles. The molecule has 0 radical (unpaired) electrons. The van der Waals surface area contributed by atoms with Crippen LogP contribution in [-0.2, 0) is 23.8 Å². The molecular formula is C24H34N2O6. The van der Waals surface area contributed by atoms with Gasteiger partial charge in [-0.05, 0) is 37.3 Å². The summed E-state index contributed by atoms with van der Waals surface area (Å²) in [6.07, 6.45) is 4.61. The summed E-state index contributed by atoms with van der Waals surface area (Å²) >= 11 is 0. The summed E-state index contributed by atoms with van der Waals surface area (Å²) in [6, 6.07) is 0. The second kappa shape index (κ2) is 11.0. The molecule has 0 bridgehead atoms. The molecule has 32 heavy (non-hydrogen) atoms. The third-order valence-electron chi connectivity index (χ3n) is 5.01. The van der Waals surface area contributed by atoms with Crippen LogP contribution in [0.4, 0.5) is 4.79 Å². The second-order valence-corrected chi connectivity index (χ2v) is 8.76. The average Bonchev–Trinajstić information content (AvgIpc) is 2.74. The molecule has 0 fully saturated rings. The van der Waals surface area contributed by atoms with Crippen molar-refractivity contribution in [3.63, 3.8) is 0 Å². The molecule has 2 rings (SSSR count). The van der Waals surface area contributed by atoms with E-state index in [9.17, 15) is 14.4 Å². The summed E-state index contributed by atoms with van der Waals surface area (Å²) in [5, 5.41) is 3.14. The minimum atomic E-state index is -0.674. The van der Waals surface area contributed by atoms with Crippen LogP contribution in [0.5, 0.6) is 0 Å². The van der Waals surface area contributed by atoms with Gasteiger partial charge in [-0.3, -0.25) is 4.90 Å². The molecule has 2 aliphatic heterocycles. The SMILES string of the molecule is COC(=O)N1C=CC(C2C(C(=O)OCC(C)C)=C(C)NC(C)=C2C(=O)OCC(C)C)=CC1. The zero-order chi connectivity index (χ0) is 24.0. The van der Waals surface area contributed by atoms with Crippen molar-refractivity contribution in [3.8, 4) is 0 Å². The minimum Gasteiger partial charge on any atom is -0.462 e. The molecule has 8 nitrogen and oxygen atoms in total. The van der Waals surface area contributed by atoms with Gasteiger partial charge < -0.3 is 19.5 Å². The molecule has 2 heterocycles. The summed E-state index contributed by atoms with van der Waals surface area (Å²) in [7, 11) is 1.31. The van der Waals surface area contributed by atoms with E-state index in [0.29, 0.717) is 28.1 Å². The molecule has 0 atom stereocenters. The van der Waals surface area contributed by atoms with E-state index in [2.05, 4.69) is 5.32 Å². The largest absolute Gasteiger partial charge is 0.462 e. The molecule has 1 amide bonds. The number of amides is 1. The Hall–Kier alpha value is -3.03. The highest BCUT2D eigenvalue weighted by Gasteiger charge is 2.39. The molecule has 1 N–H and O–H groups in total. The van der Waals surface area contributed by atoms with Crippen LogP contribution in [0.25, 0.3) is 0 Å². The van der Waals surface area contributed by atoms with Crippen LogP contribution in [0, 0.1) is 17.8 Å². The molecule has 8 heteroatoms. The van der Waals surface area contributed by atoms with Crippen molar-refractivity contribution < 1.29 is 28.6 Å². The van der Waals surface area contributed by atoms with Crippen LogP contribution in [0.1, 0.15) is 41.5 Å². The van der Waals surface area contributed by atoms with E-state index in [1.807, 2.05) is 27.7 Å². The van der Waals surface area contributed by atoms with E-state index >= 15 is 0 Å². The molecule has 0 spiro atoms. The Balaban J connectivity index is 2.46. The third kappa shape index (κ3) is 6.02. The highest BCUT2D eigenvalue weighted by atomic mass is 16.5. The van der Waals surface area contributed by atoms with Crippen molar-refractivity contribution in [2.45, 2.75) is 41.5 Å². The summed E-state index contributed by atoms with van der Waals surface area (Å²) in [5.74, 6) is -1.30. The van der Waals surface area contributed by atoms with Crippen molar-refractivity contribution in [1.29, 1.82) is 0 Å². The summed E-state index contributed by atoms with van der Waals surface area (Å²) < 4.78 is 15.8. The predicted molar refractivity (Wildman–Crippen MR) is 120 cm³/mol. The molecule has 0 unspecified atom stereocenters. The number of dihydropyridines is 1. The molecule has 2 aliphatic rings. The molecule has 0 saturated heterocycles. The van der Waals surface area contributed by atoms with Crippen molar-refractivity contribution in [2.24, 2.45) is 17.8 Å². The summed E-state index contributed by atoms with van der Waals surface area (Å²) in [4.78, 5) is 39.4. The number of rotatable bonds is 7. The highest BCUT2D eigenvalue weighted by molar-refractivity contribution is 5.99. The van der Waals surface area contributed by atoms with E-state index in [-0.39, 0.29) is 31.6 Å². The van der Waals surface area contributed by atoms with Crippen LogP contribution in [0.2, 0.25) is 0 Å². The number of carbonyl (C=O) groups excluding carboxylic acids is 3. The van der Waals surface area contributed by atoms with Gasteiger partial charge in [0.25, 0.3) is 0 Å². The first kappa shape index (κ1) is 25.2. The van der Waals surface area contributed by atoms with Gasteiger partial charge in [0.1, 0.15) is 0 Å². The lowest BCUT2D eigenvalue weighted by atomic mass is 9.79. The van der Waals surface area contributed by atoms with Crippen LogP contribution in [-0.4, -0.2) is 49.8 Å². The Morgan fingerprint density at radius 2 is 1.50 bits per heavy atom. The number of hydrogen-bond acceptors (Lipinski definition) is 7. The predicted octanol–water partition coefficient (Wildman–Crippen LogP) is 3.67. The maximum atomic E-state index is 13.1. The summed E-state index contributed by atoms with van der Waals surface area (Å²) in [5.41, 5.74) is 2.65. The normalized spacial score (nSPS) is 16.9. The molecular weight excluding hydrogens is 412 g/mol. The Kier molecular flexibility index (Phi) is 8.69. The molecule has 0 aromatic carbocycles. The van der Waals surface area contributed by atoms with Crippen LogP contribution >= 0.6 is 0 Å². The zero-order valence-corrected chi connectivity index (χ0v) is 20.0. The third-order valence-corrected chi connectivity index (χ3v) is 5.01. The number of esters is 2. The van der Waals surface area contributed by atoms with E-state index in [0.717, 1.165) is 0 Å². The number of hydrogen-bond donors (Lipinski definition) is 1. The number of carbonyl (C=O) groups is 3. The Labute approximate surface area is 189 Å². The van der Waals surface area contributed by atoms with Gasteiger partial charge in [0, 0.05) is 24.1 Å². The fourth-order valence-electron chi connectivity index (χ4n) is 3.48. The van der Waals surface area contributed by atoms with Gasteiger partial charge in [0.15, 0.2) is 0 Å². The van der Waals surface area contributed by atoms with Gasteiger partial charge in [0.2, 0.25) is 0 Å². The smallest absolute Gasteiger partial charge is 0.413 e. The maximum absolute atomic E-state index is 13.1. The van der Waals surface area contributed by atoms with Gasteiger partial charge >= 0.3 is 18.0 Å². The minimum absolute atomic E-state index is 0.171. The van der Waals surface area contributed by atoms with E-state index in [1.165, 1.54) is 12.0 Å². The fraction of sp³-hybridized carbons (Fsp3) is 0.542. The fourth-order valence-corrected chi connectivity index (χ4v) is 3.48. The Morgan fingerprint density at radius 3 is 1.88 bits per heavy atom. The monoisotopic (exact) mass is 446 g/mol. The molecule has 0 aromatic heterocycles. The number of nitrogens with one attached hydrogen (secondary N) is 1. The van der Waals surface area contributed by atoms with Crippen molar-refractivity contribution in [3.05, 3.63) is 46.5 Å². The highest BCUT2D eigenvalue weighted by Crippen LogP contribution is 2.38. The average molecular weight is 447 g/mol. The van der Waals surface area contributed by atoms with Crippen LogP contribution < -0.4 is 5.32 Å². The lowest BCUT2D eigenvalue weighted by molar-refractivity contribution is -0.141. The van der Waals surface area contributed by atoms with Gasteiger partial charge in [-0.25, -0.2) is 14.4 Å². The first-order chi connectivity index (χ1) is 15.1. The van der Waals surface area contributed by atoms with E-state index in [1.54, 1.807) is 32.2 Å². The lowest BCUT2D eigenvalue weighted by Gasteiger charge is -2.32. The number of allylic oxidation sites excluding steroid dienone is 4. The first-order valence-corrected chi connectivity index (χ1v) is 10.8. The quantitative estimate of drug-likeness (QED) is 0.471. The van der Waals surface area contributed by atoms with Crippen molar-refractivity contribution in [1.82, 2.24) is 10.2 Å². The topological polar surface area (TPSA) is 94.2 Å². The maximum Gasteiger partial charge on any atom is 0.413 e. The number of methoxy groups -OCH3 is 1. The number of ether oxygens (including phenoxy) is 3. The summed E-state index contributed by atoms with van der Waals surface area (Å²) in [6.45, 7) is 12.2. The molecule has 176 valence electrons. The van der Waals surface area contributed by atoms with Crippen molar-refractivity contribution >= 4 is 18.0 Å². The van der Waals surface area contributed by atoms with E-state index in [4.69, 9.17) is 14.2 Å². The van der Waals surface area contributed by atoms with Crippen LogP contribution in [0.3, 0.4) is 0 Å². The van der Waals surface area contributed by atoms with Gasteiger partial charge in [-0.1, -0.05) is 33.8 Å². The molecule has 0 aromatic rings. The van der Waals surface area contributed by atoms with Gasteiger partial charge in [0.05, 0.1) is 37.4 Å². The van der Waals surface area contributed by atoms with E-state index < -0.39 is 23.9 Å².